The van der Waals surface area contributed by atoms with Crippen molar-refractivity contribution in [2.24, 2.45) is 0 Å². The largest absolute Gasteiger partial charge is 0.507 e. The molecular weight excluding hydrogens is 456 g/mol. The number of nitrogens with zero attached hydrogens (tertiary/aromatic N) is 1. The van der Waals surface area contributed by atoms with Gasteiger partial charge >= 0.3 is 0 Å². The number of carbonyl (C=O) groups excluding carboxylic acids is 1. The van der Waals surface area contributed by atoms with Gasteiger partial charge < -0.3 is 10.4 Å². The molecule has 0 atom stereocenters. The maximum Gasteiger partial charge on any atom is 0.255 e. The standard InChI is InChI=1S/C30H31ClN2O2/c1-29(2,3)22-14-19(15-23(27(22)34)30(4,5)6)28(35)33-25-17-32-24-13-12-20(31)16-21(24)26(25)18-10-8-7-9-11-18/h7-17,34H,1-6H3,(H,33,35). The highest BCUT2D eigenvalue weighted by molar-refractivity contribution is 6.31. The van der Waals surface area contributed by atoms with Crippen molar-refractivity contribution < 1.29 is 9.90 Å². The van der Waals surface area contributed by atoms with Crippen molar-refractivity contribution in [3.8, 4) is 16.9 Å². The van der Waals surface area contributed by atoms with Crippen LogP contribution < -0.4 is 5.32 Å². The van der Waals surface area contributed by atoms with Gasteiger partial charge in [0.15, 0.2) is 0 Å². The SMILES string of the molecule is CC(C)(C)c1cc(C(=O)Nc2cnc3ccc(Cl)cc3c2-c2ccccc2)cc(C(C)(C)C)c1O. The maximum absolute atomic E-state index is 13.6. The van der Waals surface area contributed by atoms with E-state index in [4.69, 9.17) is 11.6 Å². The Morgan fingerprint density at radius 2 is 1.49 bits per heavy atom. The molecule has 4 aromatic rings. The fraction of sp³-hybridized carbons (Fsp3) is 0.267. The number of anilines is 1. The highest BCUT2D eigenvalue weighted by Crippen LogP contribution is 2.40. The fourth-order valence-electron chi connectivity index (χ4n) is 4.28. The summed E-state index contributed by atoms with van der Waals surface area (Å²) >= 11 is 6.33. The first-order chi connectivity index (χ1) is 16.4. The molecular formula is C30H31ClN2O2. The molecule has 0 fully saturated rings. The number of benzene rings is 3. The molecule has 1 amide bonds. The molecule has 3 aromatic carbocycles. The summed E-state index contributed by atoms with van der Waals surface area (Å²) in [5, 5.41) is 15.6. The van der Waals surface area contributed by atoms with Crippen LogP contribution in [-0.4, -0.2) is 16.0 Å². The smallest absolute Gasteiger partial charge is 0.255 e. The molecule has 0 bridgehead atoms. The number of phenols is 1. The van der Waals surface area contributed by atoms with Gasteiger partial charge in [-0.05, 0) is 46.7 Å². The average molecular weight is 487 g/mol. The van der Waals surface area contributed by atoms with E-state index in [0.717, 1.165) is 33.2 Å². The Morgan fingerprint density at radius 3 is 2.06 bits per heavy atom. The number of amides is 1. The van der Waals surface area contributed by atoms with Crippen LogP contribution in [0.1, 0.15) is 63.0 Å². The third-order valence-electron chi connectivity index (χ3n) is 6.13. The van der Waals surface area contributed by atoms with Crippen LogP contribution >= 0.6 is 11.6 Å². The Hall–Kier alpha value is -3.37. The minimum atomic E-state index is -0.336. The molecule has 0 radical (unpaired) electrons. The molecule has 180 valence electrons. The van der Waals surface area contributed by atoms with E-state index in [1.165, 1.54) is 0 Å². The normalized spacial score (nSPS) is 12.1. The lowest BCUT2D eigenvalue weighted by Crippen LogP contribution is -2.21. The Morgan fingerprint density at radius 1 is 0.886 bits per heavy atom. The highest BCUT2D eigenvalue weighted by atomic mass is 35.5. The quantitative estimate of drug-likeness (QED) is 0.307. The van der Waals surface area contributed by atoms with Crippen molar-refractivity contribution in [3.63, 3.8) is 0 Å². The zero-order chi connectivity index (χ0) is 25.5. The van der Waals surface area contributed by atoms with Gasteiger partial charge in [-0.2, -0.15) is 0 Å². The number of aromatic nitrogens is 1. The summed E-state index contributed by atoms with van der Waals surface area (Å²) in [4.78, 5) is 18.2. The van der Waals surface area contributed by atoms with Crippen molar-refractivity contribution in [3.05, 3.63) is 88.6 Å². The predicted molar refractivity (Wildman–Crippen MR) is 146 cm³/mol. The van der Waals surface area contributed by atoms with Crippen LogP contribution in [0.3, 0.4) is 0 Å². The van der Waals surface area contributed by atoms with Gasteiger partial charge in [-0.1, -0.05) is 83.5 Å². The second-order valence-corrected chi connectivity index (χ2v) is 11.4. The van der Waals surface area contributed by atoms with Crippen LogP contribution in [0.4, 0.5) is 5.69 Å². The van der Waals surface area contributed by atoms with E-state index in [0.29, 0.717) is 16.3 Å². The summed E-state index contributed by atoms with van der Waals surface area (Å²) in [6.45, 7) is 12.2. The van der Waals surface area contributed by atoms with Crippen molar-refractivity contribution in [1.29, 1.82) is 0 Å². The Kier molecular flexibility index (Phi) is 6.37. The number of fused-ring (bicyclic) bond motifs is 1. The van der Waals surface area contributed by atoms with E-state index in [-0.39, 0.29) is 22.5 Å². The molecule has 0 aliphatic heterocycles. The van der Waals surface area contributed by atoms with Crippen molar-refractivity contribution in [2.45, 2.75) is 52.4 Å². The van der Waals surface area contributed by atoms with Crippen LogP contribution in [0.15, 0.2) is 66.9 Å². The summed E-state index contributed by atoms with van der Waals surface area (Å²) in [5.41, 5.74) is 4.49. The topological polar surface area (TPSA) is 62.2 Å². The lowest BCUT2D eigenvalue weighted by atomic mass is 9.78. The van der Waals surface area contributed by atoms with E-state index in [1.54, 1.807) is 18.3 Å². The number of hydrogen-bond acceptors (Lipinski definition) is 3. The minimum Gasteiger partial charge on any atom is -0.507 e. The Balaban J connectivity index is 1.87. The van der Waals surface area contributed by atoms with Crippen molar-refractivity contribution in [2.75, 3.05) is 5.32 Å². The molecule has 0 saturated carbocycles. The van der Waals surface area contributed by atoms with E-state index in [2.05, 4.69) is 10.3 Å². The molecule has 4 nitrogen and oxygen atoms in total. The second kappa shape index (κ2) is 9.01. The third kappa shape index (κ3) is 5.03. The van der Waals surface area contributed by atoms with Crippen LogP contribution in [0.25, 0.3) is 22.0 Å². The highest BCUT2D eigenvalue weighted by Gasteiger charge is 2.28. The number of nitrogens with one attached hydrogen (secondary N) is 1. The third-order valence-corrected chi connectivity index (χ3v) is 6.36. The van der Waals surface area contributed by atoms with Gasteiger partial charge in [-0.3, -0.25) is 9.78 Å². The van der Waals surface area contributed by atoms with E-state index >= 15 is 0 Å². The van der Waals surface area contributed by atoms with Gasteiger partial charge in [-0.25, -0.2) is 0 Å². The summed E-state index contributed by atoms with van der Waals surface area (Å²) in [6, 6.07) is 19.0. The number of aromatic hydroxyl groups is 1. The average Bonchev–Trinajstić information content (AvgIpc) is 2.78. The van der Waals surface area contributed by atoms with Crippen LogP contribution in [0.2, 0.25) is 5.02 Å². The number of hydrogen-bond donors (Lipinski definition) is 2. The molecule has 0 saturated heterocycles. The minimum absolute atomic E-state index is 0.244. The zero-order valence-corrected chi connectivity index (χ0v) is 21.8. The fourth-order valence-corrected chi connectivity index (χ4v) is 4.45. The van der Waals surface area contributed by atoms with E-state index in [1.807, 2.05) is 90.1 Å². The number of halogens is 1. The van der Waals surface area contributed by atoms with Gasteiger partial charge in [0.2, 0.25) is 0 Å². The first-order valence-electron chi connectivity index (χ1n) is 11.7. The Bertz CT molecular complexity index is 1380. The molecule has 0 aliphatic carbocycles. The molecule has 0 unspecified atom stereocenters. The molecule has 0 spiro atoms. The summed E-state index contributed by atoms with van der Waals surface area (Å²) in [5.74, 6) is -0.0186. The Labute approximate surface area is 212 Å². The van der Waals surface area contributed by atoms with Crippen LogP contribution in [0.5, 0.6) is 5.75 Å². The van der Waals surface area contributed by atoms with Crippen LogP contribution in [0, 0.1) is 0 Å². The van der Waals surface area contributed by atoms with Gasteiger partial charge in [-0.15, -0.1) is 0 Å². The van der Waals surface area contributed by atoms with Crippen molar-refractivity contribution in [1.82, 2.24) is 4.98 Å². The number of phenolic OH excluding ortho intramolecular Hbond substituents is 1. The monoisotopic (exact) mass is 486 g/mol. The molecule has 4 rings (SSSR count). The molecule has 1 aromatic heterocycles. The number of rotatable bonds is 3. The van der Waals surface area contributed by atoms with E-state index in [9.17, 15) is 9.90 Å². The molecule has 5 heteroatoms. The molecule has 1 heterocycles. The van der Waals surface area contributed by atoms with Crippen molar-refractivity contribution >= 4 is 34.1 Å². The maximum atomic E-state index is 13.6. The number of pyridine rings is 1. The lowest BCUT2D eigenvalue weighted by Gasteiger charge is -2.28. The molecule has 35 heavy (non-hydrogen) atoms. The van der Waals surface area contributed by atoms with Crippen LogP contribution in [-0.2, 0) is 10.8 Å². The molecule has 2 N–H and O–H groups in total. The van der Waals surface area contributed by atoms with Gasteiger partial charge in [0.05, 0.1) is 17.4 Å². The van der Waals surface area contributed by atoms with Gasteiger partial charge in [0, 0.05) is 32.7 Å². The summed E-state index contributed by atoms with van der Waals surface area (Å²) < 4.78 is 0. The first-order valence-corrected chi connectivity index (χ1v) is 12.1. The molecule has 0 aliphatic rings. The van der Waals surface area contributed by atoms with Gasteiger partial charge in [0.1, 0.15) is 5.75 Å². The van der Waals surface area contributed by atoms with Gasteiger partial charge in [0.25, 0.3) is 5.91 Å². The number of carbonyl (C=O) groups is 1. The lowest BCUT2D eigenvalue weighted by molar-refractivity contribution is 0.102. The first kappa shape index (κ1) is 24.7. The summed E-state index contributed by atoms with van der Waals surface area (Å²) in [6.07, 6.45) is 1.69. The summed E-state index contributed by atoms with van der Waals surface area (Å²) in [7, 11) is 0. The second-order valence-electron chi connectivity index (χ2n) is 10.9. The predicted octanol–water partition coefficient (Wildman–Crippen LogP) is 8.11. The van der Waals surface area contributed by atoms with E-state index < -0.39 is 0 Å². The zero-order valence-electron chi connectivity index (χ0n) is 21.0.